The van der Waals surface area contributed by atoms with Gasteiger partial charge in [-0.05, 0) is 24.3 Å². The van der Waals surface area contributed by atoms with Crippen LogP contribution in [0, 0.1) is 11.3 Å². The van der Waals surface area contributed by atoms with Crippen molar-refractivity contribution in [3.8, 4) is 0 Å². The SMILES string of the molecule is CCNC(CCCCCC(C)C)C(C)(C)C. The van der Waals surface area contributed by atoms with Gasteiger partial charge in [0.05, 0.1) is 0 Å². The summed E-state index contributed by atoms with van der Waals surface area (Å²) in [5.74, 6) is 0.868. The van der Waals surface area contributed by atoms with Crippen molar-refractivity contribution in [1.29, 1.82) is 0 Å². The van der Waals surface area contributed by atoms with Gasteiger partial charge in [-0.15, -0.1) is 0 Å². The van der Waals surface area contributed by atoms with E-state index in [2.05, 4.69) is 46.9 Å². The highest BCUT2D eigenvalue weighted by molar-refractivity contribution is 4.79. The third-order valence-electron chi connectivity index (χ3n) is 3.27. The van der Waals surface area contributed by atoms with Crippen LogP contribution in [0.3, 0.4) is 0 Å². The Labute approximate surface area is 103 Å². The lowest BCUT2D eigenvalue weighted by atomic mass is 9.83. The highest BCUT2D eigenvalue weighted by Crippen LogP contribution is 2.24. The molecule has 1 heteroatoms. The first-order valence-corrected chi connectivity index (χ1v) is 7.11. The van der Waals surface area contributed by atoms with Crippen molar-refractivity contribution in [1.82, 2.24) is 5.32 Å². The minimum absolute atomic E-state index is 0.397. The van der Waals surface area contributed by atoms with Crippen LogP contribution in [0.2, 0.25) is 0 Å². The van der Waals surface area contributed by atoms with Crippen molar-refractivity contribution in [2.75, 3.05) is 6.54 Å². The van der Waals surface area contributed by atoms with Gasteiger partial charge in [0.2, 0.25) is 0 Å². The lowest BCUT2D eigenvalue weighted by molar-refractivity contribution is 0.252. The molecule has 0 bridgehead atoms. The fourth-order valence-electron chi connectivity index (χ4n) is 2.17. The normalized spacial score (nSPS) is 14.4. The summed E-state index contributed by atoms with van der Waals surface area (Å²) < 4.78 is 0. The van der Waals surface area contributed by atoms with Gasteiger partial charge >= 0.3 is 0 Å². The van der Waals surface area contributed by atoms with Gasteiger partial charge < -0.3 is 5.32 Å². The van der Waals surface area contributed by atoms with Crippen molar-refractivity contribution in [2.45, 2.75) is 79.7 Å². The summed E-state index contributed by atoms with van der Waals surface area (Å²) in [6.07, 6.45) is 6.90. The molecule has 0 saturated carbocycles. The molecule has 0 aliphatic heterocycles. The van der Waals surface area contributed by atoms with E-state index < -0.39 is 0 Å². The summed E-state index contributed by atoms with van der Waals surface area (Å²) in [6, 6.07) is 0.677. The third-order valence-corrected chi connectivity index (χ3v) is 3.27. The molecule has 0 aromatic carbocycles. The molecule has 0 aromatic rings. The largest absolute Gasteiger partial charge is 0.314 e. The number of unbranched alkanes of at least 4 members (excludes halogenated alkanes) is 2. The van der Waals surface area contributed by atoms with E-state index in [1.807, 2.05) is 0 Å². The smallest absolute Gasteiger partial charge is 0.0115 e. The van der Waals surface area contributed by atoms with E-state index in [-0.39, 0.29) is 0 Å². The molecule has 0 saturated heterocycles. The Morgan fingerprint density at radius 2 is 1.50 bits per heavy atom. The molecule has 1 nitrogen and oxygen atoms in total. The van der Waals surface area contributed by atoms with E-state index in [0.29, 0.717) is 11.5 Å². The van der Waals surface area contributed by atoms with Gasteiger partial charge in [-0.1, -0.05) is 67.2 Å². The Balaban J connectivity index is 3.69. The Morgan fingerprint density at radius 1 is 0.938 bits per heavy atom. The lowest BCUT2D eigenvalue weighted by Gasteiger charge is -2.31. The highest BCUT2D eigenvalue weighted by Gasteiger charge is 2.22. The molecule has 98 valence electrons. The van der Waals surface area contributed by atoms with E-state index in [4.69, 9.17) is 0 Å². The van der Waals surface area contributed by atoms with Crippen LogP contribution in [0.4, 0.5) is 0 Å². The van der Waals surface area contributed by atoms with Crippen molar-refractivity contribution in [3.05, 3.63) is 0 Å². The number of hydrogen-bond acceptors (Lipinski definition) is 1. The molecule has 0 rings (SSSR count). The minimum atomic E-state index is 0.397. The Hall–Kier alpha value is -0.0400. The van der Waals surface area contributed by atoms with Crippen molar-refractivity contribution in [3.63, 3.8) is 0 Å². The zero-order valence-corrected chi connectivity index (χ0v) is 12.4. The maximum absolute atomic E-state index is 3.62. The average Bonchev–Trinajstić information content (AvgIpc) is 2.13. The molecular formula is C15H33N. The van der Waals surface area contributed by atoms with Gasteiger partial charge in [-0.2, -0.15) is 0 Å². The van der Waals surface area contributed by atoms with Gasteiger partial charge in [-0.25, -0.2) is 0 Å². The van der Waals surface area contributed by atoms with Crippen LogP contribution in [0.15, 0.2) is 0 Å². The molecule has 0 radical (unpaired) electrons. The van der Waals surface area contributed by atoms with Crippen LogP contribution < -0.4 is 5.32 Å². The molecule has 0 aromatic heterocycles. The monoisotopic (exact) mass is 227 g/mol. The van der Waals surface area contributed by atoms with E-state index in [1.54, 1.807) is 0 Å². The quantitative estimate of drug-likeness (QED) is 0.597. The molecule has 16 heavy (non-hydrogen) atoms. The van der Waals surface area contributed by atoms with E-state index in [9.17, 15) is 0 Å². The second kappa shape index (κ2) is 8.11. The van der Waals surface area contributed by atoms with Gasteiger partial charge in [0, 0.05) is 6.04 Å². The van der Waals surface area contributed by atoms with E-state index in [0.717, 1.165) is 12.5 Å². The first kappa shape index (κ1) is 16.0. The Bertz CT molecular complexity index is 155. The van der Waals surface area contributed by atoms with Crippen LogP contribution in [0.25, 0.3) is 0 Å². The maximum atomic E-state index is 3.62. The predicted molar refractivity (Wildman–Crippen MR) is 74.8 cm³/mol. The molecule has 0 spiro atoms. The second-order valence-electron chi connectivity index (χ2n) is 6.51. The zero-order chi connectivity index (χ0) is 12.6. The van der Waals surface area contributed by atoms with Crippen molar-refractivity contribution in [2.24, 2.45) is 11.3 Å². The van der Waals surface area contributed by atoms with Gasteiger partial charge in [0.25, 0.3) is 0 Å². The van der Waals surface area contributed by atoms with Crippen LogP contribution in [0.5, 0.6) is 0 Å². The predicted octanol–water partition coefficient (Wildman–Crippen LogP) is 4.62. The topological polar surface area (TPSA) is 12.0 Å². The summed E-state index contributed by atoms with van der Waals surface area (Å²) in [4.78, 5) is 0. The standard InChI is InChI=1S/C15H33N/c1-7-16-14(15(4,5)6)12-10-8-9-11-13(2)3/h13-14,16H,7-12H2,1-6H3. The molecule has 0 aliphatic carbocycles. The van der Waals surface area contributed by atoms with Gasteiger partial charge in [-0.3, -0.25) is 0 Å². The minimum Gasteiger partial charge on any atom is -0.314 e. The summed E-state index contributed by atoms with van der Waals surface area (Å²) in [5.41, 5.74) is 0.397. The second-order valence-corrected chi connectivity index (χ2v) is 6.51. The molecule has 0 fully saturated rings. The van der Waals surface area contributed by atoms with Crippen LogP contribution in [0.1, 0.15) is 73.6 Å². The molecule has 1 unspecified atom stereocenters. The first-order valence-electron chi connectivity index (χ1n) is 7.11. The third kappa shape index (κ3) is 8.15. The summed E-state index contributed by atoms with van der Waals surface area (Å²) in [7, 11) is 0. The Morgan fingerprint density at radius 3 is 1.94 bits per heavy atom. The average molecular weight is 227 g/mol. The van der Waals surface area contributed by atoms with E-state index >= 15 is 0 Å². The first-order chi connectivity index (χ1) is 7.38. The Kier molecular flexibility index (Phi) is 8.09. The number of rotatable bonds is 8. The number of nitrogens with one attached hydrogen (secondary N) is 1. The van der Waals surface area contributed by atoms with Gasteiger partial charge in [0.15, 0.2) is 0 Å². The van der Waals surface area contributed by atoms with E-state index in [1.165, 1.54) is 32.1 Å². The zero-order valence-electron chi connectivity index (χ0n) is 12.4. The fourth-order valence-corrected chi connectivity index (χ4v) is 2.17. The molecular weight excluding hydrogens is 194 g/mol. The van der Waals surface area contributed by atoms with Crippen molar-refractivity contribution >= 4 is 0 Å². The lowest BCUT2D eigenvalue weighted by Crippen LogP contribution is -2.40. The van der Waals surface area contributed by atoms with Crippen molar-refractivity contribution < 1.29 is 0 Å². The maximum Gasteiger partial charge on any atom is 0.0115 e. The summed E-state index contributed by atoms with van der Waals surface area (Å²) in [6.45, 7) is 15.0. The van der Waals surface area contributed by atoms with Crippen LogP contribution in [-0.4, -0.2) is 12.6 Å². The molecule has 0 amide bonds. The molecule has 1 atom stereocenters. The van der Waals surface area contributed by atoms with Gasteiger partial charge in [0.1, 0.15) is 0 Å². The molecule has 0 heterocycles. The highest BCUT2D eigenvalue weighted by atomic mass is 14.9. The molecule has 0 aliphatic rings. The van der Waals surface area contributed by atoms with Crippen LogP contribution >= 0.6 is 0 Å². The fraction of sp³-hybridized carbons (Fsp3) is 1.00. The summed E-state index contributed by atoms with van der Waals surface area (Å²) >= 11 is 0. The number of hydrogen-bond donors (Lipinski definition) is 1. The van der Waals surface area contributed by atoms with Crippen LogP contribution in [-0.2, 0) is 0 Å². The molecule has 1 N–H and O–H groups in total. The summed E-state index contributed by atoms with van der Waals surface area (Å²) in [5, 5.41) is 3.62.